The second-order valence-electron chi connectivity index (χ2n) is 7.67. The number of benzene rings is 2. The van der Waals surface area contributed by atoms with Crippen LogP contribution in [0.1, 0.15) is 64.0 Å². The van der Waals surface area contributed by atoms with E-state index in [1.165, 1.54) is 37.5 Å². The predicted octanol–water partition coefficient (Wildman–Crippen LogP) is 7.22. The van der Waals surface area contributed by atoms with Crippen LogP contribution in [0.15, 0.2) is 30.3 Å². The van der Waals surface area contributed by atoms with Crippen molar-refractivity contribution < 1.29 is 22.6 Å². The molecule has 29 heavy (non-hydrogen) atoms. The van der Waals surface area contributed by atoms with Crippen LogP contribution in [0.5, 0.6) is 5.75 Å². The Morgan fingerprint density at radius 1 is 1.00 bits per heavy atom. The Morgan fingerprint density at radius 2 is 1.83 bits per heavy atom. The fourth-order valence-corrected chi connectivity index (χ4v) is 3.94. The van der Waals surface area contributed by atoms with E-state index in [-0.39, 0.29) is 24.0 Å². The third kappa shape index (κ3) is 5.13. The molecule has 1 aliphatic heterocycles. The van der Waals surface area contributed by atoms with Gasteiger partial charge < -0.3 is 9.47 Å². The zero-order chi connectivity index (χ0) is 20.8. The van der Waals surface area contributed by atoms with Crippen LogP contribution in [0.3, 0.4) is 0 Å². The topological polar surface area (TPSA) is 18.5 Å². The Bertz CT molecular complexity index is 814. The van der Waals surface area contributed by atoms with Crippen LogP contribution in [0.4, 0.5) is 13.2 Å². The van der Waals surface area contributed by atoms with E-state index in [2.05, 4.69) is 6.92 Å². The van der Waals surface area contributed by atoms with Gasteiger partial charge in [0.1, 0.15) is 5.82 Å². The average molecular weight is 406 g/mol. The van der Waals surface area contributed by atoms with Crippen LogP contribution in [0, 0.1) is 23.4 Å². The molecule has 1 fully saturated rings. The van der Waals surface area contributed by atoms with E-state index in [1.807, 2.05) is 0 Å². The fourth-order valence-electron chi connectivity index (χ4n) is 3.94. The van der Waals surface area contributed by atoms with Crippen molar-refractivity contribution in [2.45, 2.75) is 58.5 Å². The van der Waals surface area contributed by atoms with E-state index in [9.17, 15) is 13.2 Å². The maximum atomic E-state index is 14.8. The van der Waals surface area contributed by atoms with Gasteiger partial charge in [-0.05, 0) is 55.9 Å². The first-order valence-electron chi connectivity index (χ1n) is 10.6. The molecule has 0 aliphatic carbocycles. The molecule has 0 saturated carbocycles. The van der Waals surface area contributed by atoms with Crippen molar-refractivity contribution >= 4 is 0 Å². The van der Waals surface area contributed by atoms with Crippen LogP contribution in [0.25, 0.3) is 11.1 Å². The fraction of sp³-hybridized carbons (Fsp3) is 0.500. The second-order valence-corrected chi connectivity index (χ2v) is 7.67. The molecule has 3 rings (SSSR count). The molecule has 158 valence electrons. The summed E-state index contributed by atoms with van der Waals surface area (Å²) in [6.07, 6.45) is 6.32. The Balaban J connectivity index is 1.71. The van der Waals surface area contributed by atoms with E-state index in [4.69, 9.17) is 9.47 Å². The molecule has 2 aromatic carbocycles. The van der Waals surface area contributed by atoms with Crippen molar-refractivity contribution in [1.29, 1.82) is 0 Å². The second kappa shape index (κ2) is 10.1. The number of rotatable bonds is 8. The van der Waals surface area contributed by atoms with Crippen molar-refractivity contribution in [3.63, 3.8) is 0 Å². The summed E-state index contributed by atoms with van der Waals surface area (Å²) < 4.78 is 54.3. The van der Waals surface area contributed by atoms with E-state index >= 15 is 0 Å². The van der Waals surface area contributed by atoms with Gasteiger partial charge in [-0.3, -0.25) is 0 Å². The standard InChI is InChI=1S/C24H29F3O2/c1-3-5-6-7-16-8-12-21(29-15-16)19-10-9-17(14-20(19)25)18-11-13-22(28-4-2)24(27)23(18)26/h9-11,13-14,16,21H,3-8,12,15H2,1-2H3. The van der Waals surface area contributed by atoms with Gasteiger partial charge in [0, 0.05) is 11.1 Å². The van der Waals surface area contributed by atoms with Gasteiger partial charge >= 0.3 is 0 Å². The molecule has 0 bridgehead atoms. The Kier molecular flexibility index (Phi) is 7.59. The normalized spacial score (nSPS) is 19.3. The molecule has 0 amide bonds. The van der Waals surface area contributed by atoms with Crippen molar-refractivity contribution in [3.8, 4) is 16.9 Å². The van der Waals surface area contributed by atoms with Gasteiger partial charge in [0.15, 0.2) is 11.6 Å². The van der Waals surface area contributed by atoms with Gasteiger partial charge in [-0.25, -0.2) is 8.78 Å². The number of ether oxygens (including phenoxy) is 2. The molecule has 1 saturated heterocycles. The summed E-state index contributed by atoms with van der Waals surface area (Å²) in [6, 6.07) is 7.28. The highest BCUT2D eigenvalue weighted by Crippen LogP contribution is 2.36. The van der Waals surface area contributed by atoms with Crippen LogP contribution in [-0.4, -0.2) is 13.2 Å². The summed E-state index contributed by atoms with van der Waals surface area (Å²) in [4.78, 5) is 0. The van der Waals surface area contributed by atoms with Crippen molar-refractivity contribution in [2.75, 3.05) is 13.2 Å². The molecule has 2 aromatic rings. The van der Waals surface area contributed by atoms with Gasteiger partial charge in [-0.15, -0.1) is 0 Å². The highest BCUT2D eigenvalue weighted by molar-refractivity contribution is 5.66. The smallest absolute Gasteiger partial charge is 0.201 e. The minimum Gasteiger partial charge on any atom is -0.491 e. The molecule has 1 aliphatic rings. The lowest BCUT2D eigenvalue weighted by Crippen LogP contribution is -2.21. The summed E-state index contributed by atoms with van der Waals surface area (Å²) in [5, 5.41) is 0. The molecular weight excluding hydrogens is 377 g/mol. The van der Waals surface area contributed by atoms with Gasteiger partial charge in [-0.1, -0.05) is 38.3 Å². The minimum atomic E-state index is -1.06. The molecule has 2 nitrogen and oxygen atoms in total. The molecule has 1 heterocycles. The Hall–Kier alpha value is -2.01. The maximum absolute atomic E-state index is 14.8. The first-order valence-corrected chi connectivity index (χ1v) is 10.6. The monoisotopic (exact) mass is 406 g/mol. The van der Waals surface area contributed by atoms with E-state index in [0.29, 0.717) is 23.7 Å². The van der Waals surface area contributed by atoms with E-state index in [0.717, 1.165) is 19.3 Å². The molecule has 5 heteroatoms. The van der Waals surface area contributed by atoms with Gasteiger partial charge in [0.2, 0.25) is 5.82 Å². The minimum absolute atomic E-state index is 0.0111. The summed E-state index contributed by atoms with van der Waals surface area (Å²) in [7, 11) is 0. The first-order chi connectivity index (χ1) is 14.0. The van der Waals surface area contributed by atoms with Crippen molar-refractivity contribution in [3.05, 3.63) is 53.3 Å². The molecule has 2 atom stereocenters. The molecule has 0 spiro atoms. The molecule has 0 N–H and O–H groups in total. The van der Waals surface area contributed by atoms with Crippen LogP contribution < -0.4 is 4.74 Å². The van der Waals surface area contributed by atoms with Gasteiger partial charge in [0.25, 0.3) is 0 Å². The van der Waals surface area contributed by atoms with E-state index < -0.39 is 17.5 Å². The highest BCUT2D eigenvalue weighted by atomic mass is 19.2. The van der Waals surface area contributed by atoms with Crippen LogP contribution in [-0.2, 0) is 4.74 Å². The number of hydrogen-bond acceptors (Lipinski definition) is 2. The van der Waals surface area contributed by atoms with Crippen molar-refractivity contribution in [1.82, 2.24) is 0 Å². The quantitative estimate of drug-likeness (QED) is 0.431. The average Bonchev–Trinajstić information content (AvgIpc) is 2.72. The Morgan fingerprint density at radius 3 is 2.48 bits per heavy atom. The third-order valence-corrected chi connectivity index (χ3v) is 5.59. The lowest BCUT2D eigenvalue weighted by molar-refractivity contribution is -0.0215. The number of unbranched alkanes of at least 4 members (excludes halogenated alkanes) is 2. The zero-order valence-electron chi connectivity index (χ0n) is 17.1. The summed E-state index contributed by atoms with van der Waals surface area (Å²) in [6.45, 7) is 4.77. The molecule has 2 unspecified atom stereocenters. The van der Waals surface area contributed by atoms with Gasteiger partial charge in [-0.2, -0.15) is 4.39 Å². The molecule has 0 aromatic heterocycles. The van der Waals surface area contributed by atoms with E-state index in [1.54, 1.807) is 19.1 Å². The largest absolute Gasteiger partial charge is 0.491 e. The summed E-state index contributed by atoms with van der Waals surface area (Å²) in [5.41, 5.74) is 0.781. The summed E-state index contributed by atoms with van der Waals surface area (Å²) >= 11 is 0. The zero-order valence-corrected chi connectivity index (χ0v) is 17.1. The number of halogens is 3. The lowest BCUT2D eigenvalue weighted by Gasteiger charge is -2.29. The summed E-state index contributed by atoms with van der Waals surface area (Å²) in [5.74, 6) is -2.15. The molecular formula is C24H29F3O2. The third-order valence-electron chi connectivity index (χ3n) is 5.59. The van der Waals surface area contributed by atoms with Crippen LogP contribution >= 0.6 is 0 Å². The van der Waals surface area contributed by atoms with Crippen molar-refractivity contribution in [2.24, 2.45) is 5.92 Å². The first kappa shape index (κ1) is 21.7. The lowest BCUT2D eigenvalue weighted by atomic mass is 9.90. The highest BCUT2D eigenvalue weighted by Gasteiger charge is 2.25. The Labute approximate surface area is 171 Å². The maximum Gasteiger partial charge on any atom is 0.201 e. The van der Waals surface area contributed by atoms with Crippen LogP contribution in [0.2, 0.25) is 0 Å². The SMILES string of the molecule is CCCCCC1CCC(c2ccc(-c3ccc(OCC)c(F)c3F)cc2F)OC1. The number of hydrogen-bond donors (Lipinski definition) is 0. The van der Waals surface area contributed by atoms with Gasteiger partial charge in [0.05, 0.1) is 19.3 Å². The molecule has 0 radical (unpaired) electrons. The predicted molar refractivity (Wildman–Crippen MR) is 108 cm³/mol.